The number of ether oxygens (including phenoxy) is 1. The molecule has 182 valence electrons. The number of nitrogens with one attached hydrogen (secondary N) is 2. The maximum atomic E-state index is 13.1. The van der Waals surface area contributed by atoms with Crippen molar-refractivity contribution in [3.63, 3.8) is 0 Å². The van der Waals surface area contributed by atoms with Crippen LogP contribution in [0.15, 0.2) is 59.4 Å². The number of rotatable bonds is 7. The van der Waals surface area contributed by atoms with Gasteiger partial charge < -0.3 is 25.3 Å². The molecule has 0 unspecified atom stereocenters. The fourth-order valence-electron chi connectivity index (χ4n) is 3.85. The van der Waals surface area contributed by atoms with Crippen molar-refractivity contribution < 1.29 is 28.9 Å². The molecule has 35 heavy (non-hydrogen) atoms. The Bertz CT molecular complexity index is 1270. The largest absolute Gasteiger partial charge is 0.501 e. The Hall–Kier alpha value is -4.25. The van der Waals surface area contributed by atoms with E-state index in [0.29, 0.717) is 5.56 Å². The van der Waals surface area contributed by atoms with E-state index in [4.69, 9.17) is 4.74 Å². The van der Waals surface area contributed by atoms with E-state index in [-0.39, 0.29) is 31.9 Å². The minimum Gasteiger partial charge on any atom is -0.501 e. The van der Waals surface area contributed by atoms with Gasteiger partial charge in [0.2, 0.25) is 5.75 Å². The minimum absolute atomic E-state index is 0.00243. The summed E-state index contributed by atoms with van der Waals surface area (Å²) < 4.78 is 18.9. The van der Waals surface area contributed by atoms with E-state index < -0.39 is 47.0 Å². The van der Waals surface area contributed by atoms with Crippen molar-refractivity contribution in [2.75, 3.05) is 6.54 Å². The van der Waals surface area contributed by atoms with E-state index in [0.717, 1.165) is 10.5 Å². The zero-order valence-corrected chi connectivity index (χ0v) is 18.5. The van der Waals surface area contributed by atoms with Gasteiger partial charge in [-0.25, -0.2) is 14.2 Å². The van der Waals surface area contributed by atoms with Gasteiger partial charge in [0, 0.05) is 13.0 Å². The smallest absolute Gasteiger partial charge is 0.408 e. The predicted molar refractivity (Wildman–Crippen MR) is 121 cm³/mol. The summed E-state index contributed by atoms with van der Waals surface area (Å²) in [7, 11) is 0. The summed E-state index contributed by atoms with van der Waals surface area (Å²) in [5.41, 5.74) is 0.00966. The first-order valence-electron chi connectivity index (χ1n) is 10.8. The zero-order valence-electron chi connectivity index (χ0n) is 18.5. The SMILES string of the molecule is O=C(NCc1ccc(F)cc1)c1nc([C@@H]2C[C@@H](OCc3ccccc3)CN2C(=O)O)[nH]c(=O)c1O. The van der Waals surface area contributed by atoms with E-state index in [1.54, 1.807) is 0 Å². The number of hydrogen-bond donors (Lipinski definition) is 4. The van der Waals surface area contributed by atoms with Gasteiger partial charge in [-0.15, -0.1) is 0 Å². The number of likely N-dealkylation sites (tertiary alicyclic amines) is 1. The van der Waals surface area contributed by atoms with Crippen LogP contribution in [0.25, 0.3) is 0 Å². The number of aromatic nitrogens is 2. The number of halogens is 1. The van der Waals surface area contributed by atoms with Gasteiger partial charge in [0.1, 0.15) is 11.6 Å². The Morgan fingerprint density at radius 3 is 2.54 bits per heavy atom. The number of aromatic amines is 1. The lowest BCUT2D eigenvalue weighted by atomic mass is 10.1. The number of carbonyl (C=O) groups is 2. The molecule has 1 aliphatic heterocycles. The van der Waals surface area contributed by atoms with Gasteiger partial charge in [-0.05, 0) is 23.3 Å². The van der Waals surface area contributed by atoms with Crippen LogP contribution < -0.4 is 10.9 Å². The number of nitrogens with zero attached hydrogens (tertiary/aromatic N) is 2. The number of hydrogen-bond acceptors (Lipinski definition) is 6. The van der Waals surface area contributed by atoms with Gasteiger partial charge in [-0.2, -0.15) is 0 Å². The maximum Gasteiger partial charge on any atom is 0.408 e. The Labute approximate surface area is 199 Å². The van der Waals surface area contributed by atoms with Crippen molar-refractivity contribution in [2.45, 2.75) is 31.7 Å². The molecule has 2 aromatic carbocycles. The fraction of sp³-hybridized carbons (Fsp3) is 0.250. The first-order chi connectivity index (χ1) is 16.8. The molecule has 2 amide bonds. The molecule has 10 nitrogen and oxygen atoms in total. The van der Waals surface area contributed by atoms with Crippen LogP contribution in [0.1, 0.15) is 39.9 Å². The van der Waals surface area contributed by atoms with Crippen LogP contribution in [0.3, 0.4) is 0 Å². The highest BCUT2D eigenvalue weighted by Gasteiger charge is 2.39. The van der Waals surface area contributed by atoms with Crippen LogP contribution >= 0.6 is 0 Å². The second-order valence-electron chi connectivity index (χ2n) is 8.06. The molecule has 0 aliphatic carbocycles. The summed E-state index contributed by atoms with van der Waals surface area (Å²) in [5, 5.41) is 22.3. The third-order valence-electron chi connectivity index (χ3n) is 5.65. The zero-order chi connectivity index (χ0) is 24.9. The van der Waals surface area contributed by atoms with Crippen molar-refractivity contribution in [3.05, 3.63) is 93.4 Å². The molecule has 0 spiro atoms. The molecule has 0 radical (unpaired) electrons. The lowest BCUT2D eigenvalue weighted by Gasteiger charge is -2.20. The van der Waals surface area contributed by atoms with Gasteiger partial charge in [0.05, 0.1) is 25.3 Å². The summed E-state index contributed by atoms with van der Waals surface area (Å²) in [5.74, 6) is -2.23. The number of amides is 2. The van der Waals surface area contributed by atoms with Crippen LogP contribution in [0.4, 0.5) is 9.18 Å². The third-order valence-corrected chi connectivity index (χ3v) is 5.65. The molecule has 11 heteroatoms. The average molecular weight is 482 g/mol. The number of carboxylic acid groups (broad SMARTS) is 1. The quantitative estimate of drug-likeness (QED) is 0.405. The molecule has 2 atom stereocenters. The molecule has 1 aliphatic rings. The van der Waals surface area contributed by atoms with E-state index in [1.165, 1.54) is 24.3 Å². The average Bonchev–Trinajstić information content (AvgIpc) is 3.29. The molecule has 3 aromatic rings. The van der Waals surface area contributed by atoms with Crippen molar-refractivity contribution in [1.82, 2.24) is 20.2 Å². The molecule has 1 fully saturated rings. The van der Waals surface area contributed by atoms with Gasteiger partial charge in [0.15, 0.2) is 5.69 Å². The summed E-state index contributed by atoms with van der Waals surface area (Å²) in [6.07, 6.45) is -1.51. The number of benzene rings is 2. The monoisotopic (exact) mass is 482 g/mol. The summed E-state index contributed by atoms with van der Waals surface area (Å²) in [6.45, 7) is 0.328. The standard InChI is InChI=1S/C24H23FN4O6/c25-16-8-6-14(7-9-16)11-26-22(31)19-20(30)23(32)28-21(27-19)18-10-17(12-29(18)24(33)34)35-13-15-4-2-1-3-5-15/h1-9,17-18,30H,10-13H2,(H,26,31)(H,33,34)(H,27,28,32)/t17-,18+/m1/s1. The van der Waals surface area contributed by atoms with E-state index in [1.807, 2.05) is 30.3 Å². The Morgan fingerprint density at radius 1 is 1.14 bits per heavy atom. The van der Waals surface area contributed by atoms with Crippen molar-refractivity contribution in [2.24, 2.45) is 0 Å². The van der Waals surface area contributed by atoms with Gasteiger partial charge in [-0.3, -0.25) is 14.5 Å². The maximum absolute atomic E-state index is 13.1. The normalized spacial score (nSPS) is 17.3. The van der Waals surface area contributed by atoms with E-state index in [9.17, 15) is 29.0 Å². The molecule has 4 rings (SSSR count). The second kappa shape index (κ2) is 10.3. The van der Waals surface area contributed by atoms with Crippen LogP contribution in [0.2, 0.25) is 0 Å². The van der Waals surface area contributed by atoms with Gasteiger partial charge >= 0.3 is 6.09 Å². The van der Waals surface area contributed by atoms with E-state index in [2.05, 4.69) is 15.3 Å². The first-order valence-corrected chi connectivity index (χ1v) is 10.8. The van der Waals surface area contributed by atoms with Crippen LogP contribution in [0.5, 0.6) is 5.75 Å². The topological polar surface area (TPSA) is 145 Å². The Kier molecular flexibility index (Phi) is 7.06. The van der Waals surface area contributed by atoms with Gasteiger partial charge in [0.25, 0.3) is 11.5 Å². The fourth-order valence-corrected chi connectivity index (χ4v) is 3.85. The molecular formula is C24H23FN4O6. The summed E-state index contributed by atoms with van der Waals surface area (Å²) in [6, 6.07) is 13.9. The molecule has 4 N–H and O–H groups in total. The van der Waals surface area contributed by atoms with Crippen LogP contribution in [0, 0.1) is 5.82 Å². The second-order valence-corrected chi connectivity index (χ2v) is 8.06. The molecule has 0 bridgehead atoms. The van der Waals surface area contributed by atoms with Crippen molar-refractivity contribution in [3.8, 4) is 5.75 Å². The third kappa shape index (κ3) is 5.64. The highest BCUT2D eigenvalue weighted by molar-refractivity contribution is 5.94. The lowest BCUT2D eigenvalue weighted by Crippen LogP contribution is -2.33. The van der Waals surface area contributed by atoms with E-state index >= 15 is 0 Å². The van der Waals surface area contributed by atoms with Crippen molar-refractivity contribution >= 4 is 12.0 Å². The van der Waals surface area contributed by atoms with Crippen molar-refractivity contribution in [1.29, 1.82) is 0 Å². The van der Waals surface area contributed by atoms with Crippen LogP contribution in [-0.2, 0) is 17.9 Å². The van der Waals surface area contributed by atoms with Crippen LogP contribution in [-0.4, -0.2) is 49.7 Å². The molecule has 1 saturated heterocycles. The molecular weight excluding hydrogens is 459 g/mol. The summed E-state index contributed by atoms with van der Waals surface area (Å²) in [4.78, 5) is 44.4. The minimum atomic E-state index is -1.24. The molecule has 0 saturated carbocycles. The van der Waals surface area contributed by atoms with Gasteiger partial charge in [-0.1, -0.05) is 42.5 Å². The highest BCUT2D eigenvalue weighted by Crippen LogP contribution is 2.32. The predicted octanol–water partition coefficient (Wildman–Crippen LogP) is 2.55. The highest BCUT2D eigenvalue weighted by atomic mass is 19.1. The Morgan fingerprint density at radius 2 is 1.86 bits per heavy atom. The number of carbonyl (C=O) groups excluding carboxylic acids is 1. The molecule has 2 heterocycles. The number of aromatic hydroxyl groups is 1. The first kappa shape index (κ1) is 23.9. The Balaban J connectivity index is 1.51. The lowest BCUT2D eigenvalue weighted by molar-refractivity contribution is 0.0465. The molecule has 1 aromatic heterocycles. The summed E-state index contributed by atoms with van der Waals surface area (Å²) >= 11 is 0. The number of H-pyrrole nitrogens is 1.